The summed E-state index contributed by atoms with van der Waals surface area (Å²) in [5.74, 6) is 5.31. The van der Waals surface area contributed by atoms with Gasteiger partial charge in [0.1, 0.15) is 12.2 Å². The van der Waals surface area contributed by atoms with Crippen molar-refractivity contribution in [2.24, 2.45) is 5.84 Å². The zero-order valence-corrected chi connectivity index (χ0v) is 15.7. The van der Waals surface area contributed by atoms with Gasteiger partial charge in [-0.2, -0.15) is 0 Å². The maximum absolute atomic E-state index is 11.8. The summed E-state index contributed by atoms with van der Waals surface area (Å²) >= 11 is 0. The van der Waals surface area contributed by atoms with Crippen LogP contribution < -0.4 is 15.8 Å². The fourth-order valence-corrected chi connectivity index (χ4v) is 2.99. The van der Waals surface area contributed by atoms with Gasteiger partial charge in [0, 0.05) is 30.1 Å². The number of rotatable bonds is 7. The predicted octanol–water partition coefficient (Wildman–Crippen LogP) is 1.53. The Kier molecular flexibility index (Phi) is 5.73. The summed E-state index contributed by atoms with van der Waals surface area (Å²) in [6.07, 6.45) is 5.82. The second-order valence-corrected chi connectivity index (χ2v) is 8.03. The Hall–Kier alpha value is -2.78. The van der Waals surface area contributed by atoms with Crippen molar-refractivity contribution in [3.63, 3.8) is 0 Å². The van der Waals surface area contributed by atoms with Gasteiger partial charge in [0.15, 0.2) is 15.6 Å². The van der Waals surface area contributed by atoms with E-state index in [1.54, 1.807) is 30.6 Å². The maximum atomic E-state index is 11.8. The number of sulfone groups is 1. The van der Waals surface area contributed by atoms with Crippen LogP contribution in [0.15, 0.2) is 43.5 Å². The van der Waals surface area contributed by atoms with E-state index in [4.69, 9.17) is 5.84 Å². The summed E-state index contributed by atoms with van der Waals surface area (Å²) in [6, 6.07) is 5.15. The molecular weight excluding hydrogens is 354 g/mol. The van der Waals surface area contributed by atoms with Gasteiger partial charge in [0.2, 0.25) is 0 Å². The van der Waals surface area contributed by atoms with Crippen LogP contribution in [0.25, 0.3) is 5.57 Å². The van der Waals surface area contributed by atoms with Crippen molar-refractivity contribution in [3.05, 3.63) is 49.1 Å². The molecule has 0 atom stereocenters. The Morgan fingerprint density at radius 1 is 1.23 bits per heavy atom. The molecule has 0 aliphatic rings. The lowest BCUT2D eigenvalue weighted by molar-refractivity contribution is -0.111. The molecule has 0 saturated heterocycles. The van der Waals surface area contributed by atoms with E-state index in [0.717, 1.165) is 22.6 Å². The molecule has 0 spiro atoms. The number of allylic oxidation sites excluding steroid dienone is 1. The standard InChI is InChI=1S/C17H21N5O3S/c1-12(13(2)23)16-7-14(21(3)15-8-19-10-20-9-15)5-6-17(16)22(18)11-26(4,24)25/h5-10H,1,11,18H2,2-4H3. The summed E-state index contributed by atoms with van der Waals surface area (Å²) in [4.78, 5) is 21.6. The molecule has 138 valence electrons. The number of benzene rings is 1. The fraction of sp³-hybridized carbons (Fsp3) is 0.235. The van der Waals surface area contributed by atoms with Gasteiger partial charge in [0.25, 0.3) is 0 Å². The highest BCUT2D eigenvalue weighted by Crippen LogP contribution is 2.32. The number of hydrogen-bond donors (Lipinski definition) is 1. The highest BCUT2D eigenvalue weighted by molar-refractivity contribution is 7.90. The SMILES string of the molecule is C=C(C(C)=O)c1cc(N(C)c2cncnc2)ccc1N(N)CS(C)(=O)=O. The van der Waals surface area contributed by atoms with E-state index in [-0.39, 0.29) is 17.2 Å². The lowest BCUT2D eigenvalue weighted by Gasteiger charge is -2.25. The van der Waals surface area contributed by atoms with Gasteiger partial charge in [-0.3, -0.25) is 9.80 Å². The molecule has 1 heterocycles. The molecule has 26 heavy (non-hydrogen) atoms. The number of carbonyl (C=O) groups is 1. The second kappa shape index (κ2) is 7.63. The Bertz CT molecular complexity index is 929. The lowest BCUT2D eigenvalue weighted by atomic mass is 10.0. The van der Waals surface area contributed by atoms with Crippen molar-refractivity contribution in [1.82, 2.24) is 9.97 Å². The summed E-state index contributed by atoms with van der Waals surface area (Å²) in [5.41, 5.74) is 2.60. The molecule has 1 aromatic heterocycles. The number of aromatic nitrogens is 2. The molecule has 8 nitrogen and oxygen atoms in total. The Balaban J connectivity index is 2.51. The van der Waals surface area contributed by atoms with Crippen LogP contribution in [0.5, 0.6) is 0 Å². The summed E-state index contributed by atoms with van der Waals surface area (Å²) < 4.78 is 23.1. The van der Waals surface area contributed by atoms with Crippen molar-refractivity contribution < 1.29 is 13.2 Å². The Morgan fingerprint density at radius 2 is 1.85 bits per heavy atom. The van der Waals surface area contributed by atoms with Gasteiger partial charge in [-0.05, 0) is 25.1 Å². The molecule has 0 amide bonds. The number of nitrogens with two attached hydrogens (primary N) is 1. The number of anilines is 3. The van der Waals surface area contributed by atoms with Crippen LogP contribution in [0.1, 0.15) is 12.5 Å². The molecular formula is C17H21N5O3S. The smallest absolute Gasteiger partial charge is 0.167 e. The second-order valence-electron chi connectivity index (χ2n) is 5.92. The first-order chi connectivity index (χ1) is 12.1. The molecule has 0 aliphatic heterocycles. The minimum atomic E-state index is -3.34. The Morgan fingerprint density at radius 3 is 2.38 bits per heavy atom. The van der Waals surface area contributed by atoms with Crippen LogP contribution in [-0.2, 0) is 14.6 Å². The number of hydrogen-bond acceptors (Lipinski definition) is 8. The van der Waals surface area contributed by atoms with Crippen LogP contribution in [-0.4, -0.2) is 43.3 Å². The van der Waals surface area contributed by atoms with Gasteiger partial charge >= 0.3 is 0 Å². The van der Waals surface area contributed by atoms with E-state index in [9.17, 15) is 13.2 Å². The Labute approximate surface area is 152 Å². The van der Waals surface area contributed by atoms with E-state index < -0.39 is 9.84 Å². The first kappa shape index (κ1) is 19.5. The minimum absolute atomic E-state index is 0.234. The maximum Gasteiger partial charge on any atom is 0.167 e. The molecule has 0 aliphatic carbocycles. The summed E-state index contributed by atoms with van der Waals surface area (Å²) in [6.45, 7) is 5.21. The zero-order valence-electron chi connectivity index (χ0n) is 14.9. The molecule has 2 rings (SSSR count). The normalized spacial score (nSPS) is 11.1. The number of hydrazine groups is 1. The molecule has 0 unspecified atom stereocenters. The van der Waals surface area contributed by atoms with E-state index in [0.29, 0.717) is 11.3 Å². The topological polar surface area (TPSA) is 109 Å². The first-order valence-corrected chi connectivity index (χ1v) is 9.69. The van der Waals surface area contributed by atoms with Crippen molar-refractivity contribution in [2.45, 2.75) is 6.92 Å². The van der Waals surface area contributed by atoms with Crippen LogP contribution in [0, 0.1) is 0 Å². The van der Waals surface area contributed by atoms with E-state index in [2.05, 4.69) is 16.5 Å². The zero-order chi connectivity index (χ0) is 19.5. The minimum Gasteiger partial charge on any atom is -0.342 e. The third-order valence-corrected chi connectivity index (χ3v) is 4.48. The quantitative estimate of drug-likeness (QED) is 0.441. The van der Waals surface area contributed by atoms with Gasteiger partial charge < -0.3 is 4.90 Å². The third-order valence-electron chi connectivity index (χ3n) is 3.73. The predicted molar refractivity (Wildman–Crippen MR) is 103 cm³/mol. The number of nitrogens with zero attached hydrogens (tertiary/aromatic N) is 4. The van der Waals surface area contributed by atoms with Gasteiger partial charge in [-0.25, -0.2) is 24.2 Å². The first-order valence-electron chi connectivity index (χ1n) is 7.63. The van der Waals surface area contributed by atoms with Crippen molar-refractivity contribution >= 4 is 38.3 Å². The fourth-order valence-electron chi connectivity index (χ4n) is 2.35. The van der Waals surface area contributed by atoms with E-state index in [1.165, 1.54) is 13.3 Å². The molecule has 9 heteroatoms. The number of carbonyl (C=O) groups excluding carboxylic acids is 1. The molecule has 0 fully saturated rings. The van der Waals surface area contributed by atoms with Gasteiger partial charge in [-0.15, -0.1) is 0 Å². The highest BCUT2D eigenvalue weighted by atomic mass is 32.2. The number of Topliss-reactive ketones (excluding diaryl/α,β-unsaturated/α-hetero) is 1. The molecule has 2 aromatic rings. The number of ketones is 1. The van der Waals surface area contributed by atoms with E-state index >= 15 is 0 Å². The molecule has 1 aromatic carbocycles. The molecule has 0 saturated carbocycles. The monoisotopic (exact) mass is 375 g/mol. The lowest BCUT2D eigenvalue weighted by Crippen LogP contribution is -2.36. The van der Waals surface area contributed by atoms with Crippen LogP contribution in [0.2, 0.25) is 0 Å². The molecule has 0 radical (unpaired) electrons. The van der Waals surface area contributed by atoms with Crippen LogP contribution in [0.4, 0.5) is 17.1 Å². The van der Waals surface area contributed by atoms with Crippen LogP contribution >= 0.6 is 0 Å². The molecule has 0 bridgehead atoms. The van der Waals surface area contributed by atoms with E-state index in [1.807, 2.05) is 11.9 Å². The van der Waals surface area contributed by atoms with Gasteiger partial charge in [0.05, 0.1) is 23.8 Å². The third kappa shape index (κ3) is 4.64. The summed E-state index contributed by atoms with van der Waals surface area (Å²) in [7, 11) is -1.52. The van der Waals surface area contributed by atoms with Crippen LogP contribution in [0.3, 0.4) is 0 Å². The average molecular weight is 375 g/mol. The van der Waals surface area contributed by atoms with Crippen molar-refractivity contribution in [1.29, 1.82) is 0 Å². The van der Waals surface area contributed by atoms with Crippen molar-refractivity contribution in [2.75, 3.05) is 29.1 Å². The summed E-state index contributed by atoms with van der Waals surface area (Å²) in [5, 5.41) is 1.09. The highest BCUT2D eigenvalue weighted by Gasteiger charge is 2.18. The average Bonchev–Trinajstić information content (AvgIpc) is 2.59. The molecule has 2 N–H and O–H groups in total. The largest absolute Gasteiger partial charge is 0.342 e. The van der Waals surface area contributed by atoms with Crippen molar-refractivity contribution in [3.8, 4) is 0 Å². The van der Waals surface area contributed by atoms with Gasteiger partial charge in [-0.1, -0.05) is 6.58 Å².